The van der Waals surface area contributed by atoms with Crippen LogP contribution in [0.1, 0.15) is 32.6 Å². The fraction of sp³-hybridized carbons (Fsp3) is 0.562. The molecule has 2 aliphatic rings. The monoisotopic (exact) mass is 275 g/mol. The largest absolute Gasteiger partial charge is 0.352 e. The van der Waals surface area contributed by atoms with Crippen molar-refractivity contribution in [3.8, 4) is 0 Å². The van der Waals surface area contributed by atoms with Crippen LogP contribution in [0.5, 0.6) is 0 Å². The van der Waals surface area contributed by atoms with Gasteiger partial charge in [-0.25, -0.2) is 0 Å². The molecule has 0 radical (unpaired) electrons. The van der Waals surface area contributed by atoms with Crippen molar-refractivity contribution in [3.05, 3.63) is 30.3 Å². The van der Waals surface area contributed by atoms with E-state index in [4.69, 9.17) is 0 Å². The molecular formula is C16H21NOS. The molecule has 1 amide bonds. The second-order valence-corrected chi connectivity index (χ2v) is 7.28. The first-order valence-corrected chi connectivity index (χ1v) is 8.12. The van der Waals surface area contributed by atoms with Crippen molar-refractivity contribution in [2.75, 3.05) is 0 Å². The second kappa shape index (κ2) is 5.58. The molecule has 2 bridgehead atoms. The molecule has 19 heavy (non-hydrogen) atoms. The standard InChI is InChI=1S/C16H21NOS/c1-11(19-14-5-3-2-4-6-14)16(18)17-15-10-12-7-8-13(15)9-12/h2-6,11-13,15H,7-10H2,1H3,(H,17,18)/t11-,12+,13-,15+/m0/s1. The number of fused-ring (bicyclic) bond motifs is 2. The lowest BCUT2D eigenvalue weighted by Gasteiger charge is -2.24. The SMILES string of the molecule is C[C@H](Sc1ccccc1)C(=O)N[C@@H]1C[C@@H]2CC[C@H]1C2. The lowest BCUT2D eigenvalue weighted by molar-refractivity contribution is -0.121. The lowest BCUT2D eigenvalue weighted by Crippen LogP contribution is -2.42. The molecule has 2 fully saturated rings. The third kappa shape index (κ3) is 2.97. The summed E-state index contributed by atoms with van der Waals surface area (Å²) >= 11 is 1.64. The molecule has 0 aliphatic heterocycles. The summed E-state index contributed by atoms with van der Waals surface area (Å²) in [5.41, 5.74) is 0. The van der Waals surface area contributed by atoms with Gasteiger partial charge in [-0.3, -0.25) is 4.79 Å². The summed E-state index contributed by atoms with van der Waals surface area (Å²) in [6.07, 6.45) is 5.24. The average Bonchev–Trinajstić information content (AvgIpc) is 3.02. The number of hydrogen-bond acceptors (Lipinski definition) is 2. The van der Waals surface area contributed by atoms with Crippen LogP contribution in [-0.4, -0.2) is 17.2 Å². The quantitative estimate of drug-likeness (QED) is 0.852. The normalized spacial score (nSPS) is 30.3. The summed E-state index contributed by atoms with van der Waals surface area (Å²) in [5.74, 6) is 1.83. The van der Waals surface area contributed by atoms with E-state index in [1.54, 1.807) is 11.8 Å². The van der Waals surface area contributed by atoms with Gasteiger partial charge < -0.3 is 5.32 Å². The van der Waals surface area contributed by atoms with Crippen molar-refractivity contribution in [2.45, 2.75) is 48.8 Å². The Bertz CT molecular complexity index is 447. The predicted octanol–water partition coefficient (Wildman–Crippen LogP) is 3.47. The molecule has 3 heteroatoms. The molecule has 2 saturated carbocycles. The third-order valence-electron chi connectivity index (χ3n) is 4.49. The van der Waals surface area contributed by atoms with Crippen molar-refractivity contribution in [1.29, 1.82) is 0 Å². The predicted molar refractivity (Wildman–Crippen MR) is 79.1 cm³/mol. The van der Waals surface area contributed by atoms with Crippen molar-refractivity contribution in [3.63, 3.8) is 0 Å². The van der Waals surface area contributed by atoms with E-state index in [1.807, 2.05) is 25.1 Å². The maximum Gasteiger partial charge on any atom is 0.233 e. The van der Waals surface area contributed by atoms with Gasteiger partial charge in [0.25, 0.3) is 0 Å². The molecule has 0 saturated heterocycles. The number of benzene rings is 1. The van der Waals surface area contributed by atoms with Gasteiger partial charge in [0.05, 0.1) is 5.25 Å². The van der Waals surface area contributed by atoms with Crippen LogP contribution < -0.4 is 5.32 Å². The minimum Gasteiger partial charge on any atom is -0.352 e. The van der Waals surface area contributed by atoms with E-state index >= 15 is 0 Å². The second-order valence-electron chi connectivity index (χ2n) is 5.86. The Morgan fingerprint density at radius 1 is 1.26 bits per heavy atom. The molecule has 0 spiro atoms. The maximum absolute atomic E-state index is 12.2. The number of amides is 1. The van der Waals surface area contributed by atoms with Crippen LogP contribution in [0.4, 0.5) is 0 Å². The van der Waals surface area contributed by atoms with Crippen LogP contribution in [0.2, 0.25) is 0 Å². The molecular weight excluding hydrogens is 254 g/mol. The zero-order chi connectivity index (χ0) is 13.2. The van der Waals surface area contributed by atoms with E-state index < -0.39 is 0 Å². The van der Waals surface area contributed by atoms with Gasteiger partial charge in [0.1, 0.15) is 0 Å². The molecule has 1 aromatic carbocycles. The zero-order valence-corrected chi connectivity index (χ0v) is 12.2. The van der Waals surface area contributed by atoms with E-state index in [0.29, 0.717) is 6.04 Å². The molecule has 3 rings (SSSR count). The minimum atomic E-state index is -0.0125. The highest BCUT2D eigenvalue weighted by Crippen LogP contribution is 2.44. The first-order valence-electron chi connectivity index (χ1n) is 7.24. The van der Waals surface area contributed by atoms with Crippen molar-refractivity contribution in [1.82, 2.24) is 5.32 Å². The fourth-order valence-corrected chi connectivity index (χ4v) is 4.38. The average molecular weight is 275 g/mol. The summed E-state index contributed by atoms with van der Waals surface area (Å²) in [5, 5.41) is 3.26. The van der Waals surface area contributed by atoms with E-state index in [0.717, 1.165) is 16.7 Å². The molecule has 2 nitrogen and oxygen atoms in total. The summed E-state index contributed by atoms with van der Waals surface area (Å²) < 4.78 is 0. The summed E-state index contributed by atoms with van der Waals surface area (Å²) in [4.78, 5) is 13.4. The van der Waals surface area contributed by atoms with Crippen LogP contribution in [0, 0.1) is 11.8 Å². The molecule has 0 heterocycles. The molecule has 0 unspecified atom stereocenters. The van der Waals surface area contributed by atoms with Crippen LogP contribution in [0.3, 0.4) is 0 Å². The Hall–Kier alpha value is -0.960. The number of thioether (sulfide) groups is 1. The molecule has 102 valence electrons. The number of rotatable bonds is 4. The highest BCUT2D eigenvalue weighted by molar-refractivity contribution is 8.00. The van der Waals surface area contributed by atoms with E-state index in [2.05, 4.69) is 17.4 Å². The van der Waals surface area contributed by atoms with Crippen LogP contribution in [0.25, 0.3) is 0 Å². The molecule has 1 aromatic rings. The molecule has 0 aromatic heterocycles. The highest BCUT2D eigenvalue weighted by atomic mass is 32.2. The van der Waals surface area contributed by atoms with Crippen LogP contribution in [-0.2, 0) is 4.79 Å². The first-order chi connectivity index (χ1) is 9.22. The van der Waals surface area contributed by atoms with Gasteiger partial charge in [-0.1, -0.05) is 24.6 Å². The van der Waals surface area contributed by atoms with Gasteiger partial charge in [0, 0.05) is 10.9 Å². The number of nitrogens with one attached hydrogen (secondary N) is 1. The fourth-order valence-electron chi connectivity index (χ4n) is 3.48. The minimum absolute atomic E-state index is 0.0125. The molecule has 4 atom stereocenters. The van der Waals surface area contributed by atoms with Gasteiger partial charge in [0.2, 0.25) is 5.91 Å². The zero-order valence-electron chi connectivity index (χ0n) is 11.3. The van der Waals surface area contributed by atoms with Gasteiger partial charge in [-0.2, -0.15) is 0 Å². The Labute approximate surface area is 119 Å². The van der Waals surface area contributed by atoms with E-state index in [9.17, 15) is 4.79 Å². The van der Waals surface area contributed by atoms with Crippen LogP contribution in [0.15, 0.2) is 35.2 Å². The first kappa shape index (κ1) is 13.0. The highest BCUT2D eigenvalue weighted by Gasteiger charge is 2.40. The van der Waals surface area contributed by atoms with E-state index in [1.165, 1.54) is 25.7 Å². The Morgan fingerprint density at radius 2 is 2.05 bits per heavy atom. The molecule has 1 N–H and O–H groups in total. The van der Waals surface area contributed by atoms with Crippen molar-refractivity contribution < 1.29 is 4.79 Å². The van der Waals surface area contributed by atoms with Gasteiger partial charge in [-0.05, 0) is 50.2 Å². The molecule has 2 aliphatic carbocycles. The van der Waals surface area contributed by atoms with Crippen molar-refractivity contribution >= 4 is 17.7 Å². The maximum atomic E-state index is 12.2. The van der Waals surface area contributed by atoms with Gasteiger partial charge >= 0.3 is 0 Å². The summed E-state index contributed by atoms with van der Waals surface area (Å²) in [6, 6.07) is 10.6. The summed E-state index contributed by atoms with van der Waals surface area (Å²) in [6.45, 7) is 2.00. The third-order valence-corrected chi connectivity index (χ3v) is 5.60. The van der Waals surface area contributed by atoms with E-state index in [-0.39, 0.29) is 11.2 Å². The smallest absolute Gasteiger partial charge is 0.233 e. The number of hydrogen-bond donors (Lipinski definition) is 1. The number of carbonyl (C=O) groups is 1. The Balaban J connectivity index is 1.53. The topological polar surface area (TPSA) is 29.1 Å². The Morgan fingerprint density at radius 3 is 2.68 bits per heavy atom. The number of carbonyl (C=O) groups excluding carboxylic acids is 1. The van der Waals surface area contributed by atoms with Gasteiger partial charge in [-0.15, -0.1) is 11.8 Å². The Kier molecular flexibility index (Phi) is 3.83. The lowest BCUT2D eigenvalue weighted by atomic mass is 9.95. The van der Waals surface area contributed by atoms with Crippen molar-refractivity contribution in [2.24, 2.45) is 11.8 Å². The van der Waals surface area contributed by atoms with Crippen LogP contribution >= 0.6 is 11.8 Å². The summed E-state index contributed by atoms with van der Waals surface area (Å²) in [7, 11) is 0. The van der Waals surface area contributed by atoms with Gasteiger partial charge in [0.15, 0.2) is 0 Å².